The Hall–Kier alpha value is -3.70. The Morgan fingerprint density at radius 3 is 2.65 bits per heavy atom. The number of thioether (sulfide) groups is 1. The minimum atomic E-state index is -0.357. The summed E-state index contributed by atoms with van der Waals surface area (Å²) in [7, 11) is 0. The highest BCUT2D eigenvalue weighted by atomic mass is 32.2. The molecule has 0 spiro atoms. The fourth-order valence-corrected chi connectivity index (χ4v) is 4.16. The van der Waals surface area contributed by atoms with Crippen LogP contribution in [0.3, 0.4) is 0 Å². The summed E-state index contributed by atoms with van der Waals surface area (Å²) in [5.74, 6) is -0.143. The van der Waals surface area contributed by atoms with Gasteiger partial charge >= 0.3 is 0 Å². The van der Waals surface area contributed by atoms with E-state index in [0.29, 0.717) is 22.1 Å². The number of nitriles is 1. The average Bonchev–Trinajstić information content (AvgIpc) is 3.02. The zero-order valence-corrected chi connectivity index (χ0v) is 17.7. The van der Waals surface area contributed by atoms with E-state index in [4.69, 9.17) is 0 Å². The number of rotatable bonds is 5. The van der Waals surface area contributed by atoms with Crippen LogP contribution < -0.4 is 5.32 Å². The number of carbonyl (C=O) groups excluding carboxylic acids is 1. The molecule has 2 aromatic heterocycles. The van der Waals surface area contributed by atoms with Crippen LogP contribution in [0.5, 0.6) is 0 Å². The number of hydrogen-bond donors (Lipinski definition) is 1. The number of para-hydroxylation sites is 1. The number of aromatic nitrogens is 3. The number of anilines is 1. The van der Waals surface area contributed by atoms with Gasteiger partial charge in [0, 0.05) is 16.8 Å². The minimum Gasteiger partial charge on any atom is -0.310 e. The monoisotopic (exact) mass is 431 g/mol. The lowest BCUT2D eigenvalue weighted by Crippen LogP contribution is -2.18. The summed E-state index contributed by atoms with van der Waals surface area (Å²) in [6, 6.07) is 15.7. The van der Waals surface area contributed by atoms with Crippen LogP contribution in [-0.2, 0) is 4.79 Å². The lowest BCUT2D eigenvalue weighted by Gasteiger charge is -2.13. The van der Waals surface area contributed by atoms with Crippen LogP contribution in [0.1, 0.15) is 16.8 Å². The van der Waals surface area contributed by atoms with E-state index >= 15 is 0 Å². The third kappa shape index (κ3) is 4.00. The van der Waals surface area contributed by atoms with Crippen molar-refractivity contribution in [2.24, 2.45) is 0 Å². The lowest BCUT2D eigenvalue weighted by molar-refractivity contribution is -0.113. The summed E-state index contributed by atoms with van der Waals surface area (Å²) in [4.78, 5) is 21.3. The van der Waals surface area contributed by atoms with E-state index < -0.39 is 0 Å². The van der Waals surface area contributed by atoms with Crippen molar-refractivity contribution in [3.63, 3.8) is 0 Å². The maximum absolute atomic E-state index is 13.4. The van der Waals surface area contributed by atoms with Crippen molar-refractivity contribution in [1.82, 2.24) is 14.5 Å². The Morgan fingerprint density at radius 1 is 1.16 bits per heavy atom. The van der Waals surface area contributed by atoms with Crippen LogP contribution in [0, 0.1) is 31.0 Å². The Balaban J connectivity index is 1.61. The largest absolute Gasteiger partial charge is 0.310 e. The highest BCUT2D eigenvalue weighted by Gasteiger charge is 2.21. The van der Waals surface area contributed by atoms with Gasteiger partial charge in [0.05, 0.1) is 16.8 Å². The van der Waals surface area contributed by atoms with E-state index in [1.165, 1.54) is 30.2 Å². The van der Waals surface area contributed by atoms with Crippen LogP contribution in [0.4, 0.5) is 10.2 Å². The van der Waals surface area contributed by atoms with Gasteiger partial charge in [-0.25, -0.2) is 14.4 Å². The fraction of sp³-hybridized carbons (Fsp3) is 0.130. The highest BCUT2D eigenvalue weighted by Crippen LogP contribution is 2.31. The molecular weight excluding hydrogens is 413 g/mol. The standard InChI is InChI=1S/C23H18FN5OS/c1-14-15(2)29(17-9-7-16(24)8-10-17)22(19(14)11-25)28-21(30)12-31-23-18-5-3-4-6-20(18)26-13-27-23/h3-10,13H,12H2,1-2H3,(H,28,30). The molecule has 4 rings (SSSR count). The van der Waals surface area contributed by atoms with E-state index in [1.54, 1.807) is 16.7 Å². The maximum Gasteiger partial charge on any atom is 0.235 e. The quantitative estimate of drug-likeness (QED) is 0.363. The van der Waals surface area contributed by atoms with Gasteiger partial charge in [-0.1, -0.05) is 30.0 Å². The number of fused-ring (bicyclic) bond motifs is 1. The van der Waals surface area contributed by atoms with Gasteiger partial charge in [0.1, 0.15) is 29.1 Å². The molecule has 0 aliphatic rings. The predicted molar refractivity (Wildman–Crippen MR) is 119 cm³/mol. The molecule has 2 aromatic carbocycles. The van der Waals surface area contributed by atoms with Gasteiger partial charge in [0.15, 0.2) is 0 Å². The smallest absolute Gasteiger partial charge is 0.235 e. The Bertz CT molecular complexity index is 1320. The molecule has 2 heterocycles. The van der Waals surface area contributed by atoms with Crippen molar-refractivity contribution < 1.29 is 9.18 Å². The van der Waals surface area contributed by atoms with Crippen LogP contribution in [0.25, 0.3) is 16.6 Å². The molecule has 0 atom stereocenters. The molecule has 0 radical (unpaired) electrons. The van der Waals surface area contributed by atoms with Gasteiger partial charge in [0.2, 0.25) is 5.91 Å². The normalized spacial score (nSPS) is 10.8. The van der Waals surface area contributed by atoms with Gasteiger partial charge < -0.3 is 5.32 Å². The molecule has 0 saturated carbocycles. The minimum absolute atomic E-state index is 0.110. The molecule has 0 bridgehead atoms. The number of benzene rings is 2. The van der Waals surface area contributed by atoms with Gasteiger partial charge in [-0.2, -0.15) is 5.26 Å². The first-order valence-electron chi connectivity index (χ1n) is 9.50. The third-order valence-electron chi connectivity index (χ3n) is 5.01. The number of halogens is 1. The molecule has 8 heteroatoms. The second kappa shape index (κ2) is 8.58. The van der Waals surface area contributed by atoms with Crippen molar-refractivity contribution in [2.45, 2.75) is 18.9 Å². The van der Waals surface area contributed by atoms with Crippen LogP contribution in [0.15, 0.2) is 59.9 Å². The summed E-state index contributed by atoms with van der Waals surface area (Å²) < 4.78 is 15.2. The fourth-order valence-electron chi connectivity index (χ4n) is 3.37. The second-order valence-electron chi connectivity index (χ2n) is 6.89. The van der Waals surface area contributed by atoms with E-state index in [-0.39, 0.29) is 17.5 Å². The average molecular weight is 431 g/mol. The molecule has 0 unspecified atom stereocenters. The van der Waals surface area contributed by atoms with Gasteiger partial charge in [-0.15, -0.1) is 0 Å². The molecule has 1 N–H and O–H groups in total. The molecular formula is C23H18FN5OS. The third-order valence-corrected chi connectivity index (χ3v) is 6.02. The first-order valence-corrected chi connectivity index (χ1v) is 10.5. The Morgan fingerprint density at radius 2 is 1.90 bits per heavy atom. The molecule has 1 amide bonds. The van der Waals surface area contributed by atoms with Gasteiger partial charge in [0.25, 0.3) is 0 Å². The summed E-state index contributed by atoms with van der Waals surface area (Å²) >= 11 is 1.30. The SMILES string of the molecule is Cc1c(C#N)c(NC(=O)CSc2ncnc3ccccc23)n(-c2ccc(F)cc2)c1C. The lowest BCUT2D eigenvalue weighted by atomic mass is 10.2. The topological polar surface area (TPSA) is 83.6 Å². The van der Waals surface area contributed by atoms with Gasteiger partial charge in [-0.05, 0) is 49.7 Å². The maximum atomic E-state index is 13.4. The van der Waals surface area contributed by atoms with E-state index in [1.807, 2.05) is 38.1 Å². The van der Waals surface area contributed by atoms with Crippen LogP contribution in [0.2, 0.25) is 0 Å². The van der Waals surface area contributed by atoms with Crippen molar-refractivity contribution in [3.8, 4) is 11.8 Å². The second-order valence-corrected chi connectivity index (χ2v) is 7.85. The number of amides is 1. The molecule has 0 saturated heterocycles. The first kappa shape index (κ1) is 20.6. The van der Waals surface area contributed by atoms with E-state index in [2.05, 4.69) is 21.4 Å². The zero-order chi connectivity index (χ0) is 22.0. The molecule has 0 aliphatic heterocycles. The molecule has 0 aliphatic carbocycles. The van der Waals surface area contributed by atoms with Crippen molar-refractivity contribution in [1.29, 1.82) is 5.26 Å². The zero-order valence-electron chi connectivity index (χ0n) is 16.9. The van der Waals surface area contributed by atoms with Crippen LogP contribution in [-0.4, -0.2) is 26.2 Å². The summed E-state index contributed by atoms with van der Waals surface area (Å²) in [5.41, 5.74) is 3.41. The highest BCUT2D eigenvalue weighted by molar-refractivity contribution is 8.00. The number of nitrogens with zero attached hydrogens (tertiary/aromatic N) is 4. The van der Waals surface area contributed by atoms with E-state index in [9.17, 15) is 14.4 Å². The molecule has 4 aromatic rings. The predicted octanol–water partition coefficient (Wildman–Crippen LogP) is 4.78. The number of nitrogens with one attached hydrogen (secondary N) is 1. The Labute approximate surface area is 182 Å². The van der Waals surface area contributed by atoms with E-state index in [0.717, 1.165) is 22.2 Å². The molecule has 154 valence electrons. The summed E-state index contributed by atoms with van der Waals surface area (Å²) in [6.07, 6.45) is 1.47. The van der Waals surface area contributed by atoms with Crippen molar-refractivity contribution in [3.05, 3.63) is 77.5 Å². The van der Waals surface area contributed by atoms with Crippen molar-refractivity contribution in [2.75, 3.05) is 11.1 Å². The summed E-state index contributed by atoms with van der Waals surface area (Å²) in [6.45, 7) is 3.68. The molecule has 0 fully saturated rings. The van der Waals surface area contributed by atoms with Gasteiger partial charge in [-0.3, -0.25) is 9.36 Å². The van der Waals surface area contributed by atoms with Crippen LogP contribution >= 0.6 is 11.8 Å². The summed E-state index contributed by atoms with van der Waals surface area (Å²) in [5, 5.41) is 14.1. The van der Waals surface area contributed by atoms with Crippen molar-refractivity contribution >= 4 is 34.4 Å². The Kier molecular flexibility index (Phi) is 5.69. The first-order chi connectivity index (χ1) is 15.0. The number of hydrogen-bond acceptors (Lipinski definition) is 5. The number of carbonyl (C=O) groups is 1. The molecule has 31 heavy (non-hydrogen) atoms. The molecule has 6 nitrogen and oxygen atoms in total.